The molecule has 0 fully saturated rings. The molecule has 0 spiro atoms. The number of hydrogen-bond acceptors (Lipinski definition) is 4. The zero-order valence-electron chi connectivity index (χ0n) is 7.80. The van der Waals surface area contributed by atoms with Crippen molar-refractivity contribution in [2.45, 2.75) is 0 Å². The maximum Gasteiger partial charge on any atom is 2.00 e. The summed E-state index contributed by atoms with van der Waals surface area (Å²) in [6, 6.07) is 7.91. The van der Waals surface area contributed by atoms with Crippen molar-refractivity contribution in [3.63, 3.8) is 0 Å². The van der Waals surface area contributed by atoms with Gasteiger partial charge in [-0.1, -0.05) is 36.1 Å². The Balaban J connectivity index is 0.00000196. The molecule has 5 heteroatoms. The molecule has 0 bridgehead atoms. The minimum atomic E-state index is -1.88. The Morgan fingerprint density at radius 2 is 1.60 bits per heavy atom. The number of carbonyl (C=O) groups is 2. The monoisotopic (exact) mass is 214 g/mol. The number of hydrogen-bond donors (Lipinski definition) is 0. The molecule has 1 aromatic carbocycles. The topological polar surface area (TPSA) is 80.3 Å². The molecule has 1 aromatic rings. The van der Waals surface area contributed by atoms with Crippen LogP contribution in [0, 0.1) is 0 Å². The first kappa shape index (κ1) is 13.7. The van der Waals surface area contributed by atoms with Gasteiger partial charge in [-0.15, -0.1) is 0 Å². The fourth-order valence-corrected chi connectivity index (χ4v) is 0.864. The van der Waals surface area contributed by atoms with Crippen molar-refractivity contribution in [1.82, 2.24) is 0 Å². The van der Waals surface area contributed by atoms with Crippen LogP contribution in [0.2, 0.25) is 0 Å². The van der Waals surface area contributed by atoms with Crippen LogP contribution in [0.5, 0.6) is 0 Å². The largest absolute Gasteiger partial charge is 2.00 e. The van der Waals surface area contributed by atoms with Gasteiger partial charge in [-0.25, -0.2) is 0 Å². The van der Waals surface area contributed by atoms with Gasteiger partial charge in [-0.3, -0.25) is 4.79 Å². The molecule has 0 aromatic heterocycles. The van der Waals surface area contributed by atoms with E-state index < -0.39 is 17.5 Å². The van der Waals surface area contributed by atoms with Crippen LogP contribution in [-0.4, -0.2) is 34.8 Å². The summed E-state index contributed by atoms with van der Waals surface area (Å²) in [7, 11) is 0. The molecule has 0 aliphatic carbocycles. The average molecular weight is 214 g/mol. The maximum absolute atomic E-state index is 11.2. The van der Waals surface area contributed by atoms with Gasteiger partial charge in [0, 0.05) is 0 Å². The van der Waals surface area contributed by atoms with E-state index in [1.54, 1.807) is 18.2 Å². The summed E-state index contributed by atoms with van der Waals surface area (Å²) < 4.78 is 0. The van der Waals surface area contributed by atoms with Gasteiger partial charge in [0.05, 0.1) is 0 Å². The van der Waals surface area contributed by atoms with Crippen molar-refractivity contribution >= 4 is 40.6 Å². The first-order valence-corrected chi connectivity index (χ1v) is 3.80. The van der Waals surface area contributed by atoms with E-state index in [1.807, 2.05) is 0 Å². The van der Waals surface area contributed by atoms with Crippen molar-refractivity contribution in [3.05, 3.63) is 42.0 Å². The maximum atomic E-state index is 11.2. The van der Waals surface area contributed by atoms with Gasteiger partial charge in [-0.05, 0) is 11.6 Å². The summed E-state index contributed by atoms with van der Waals surface area (Å²) in [6.45, 7) is 0. The van der Waals surface area contributed by atoms with Crippen LogP contribution in [0.25, 0.3) is 5.76 Å². The molecule has 0 atom stereocenters. The Hall–Kier alpha value is -1.33. The number of ketones is 1. The van der Waals surface area contributed by atoms with E-state index in [4.69, 9.17) is 0 Å². The Morgan fingerprint density at radius 1 is 1.07 bits per heavy atom. The normalized spacial score (nSPS) is 10.3. The van der Waals surface area contributed by atoms with Gasteiger partial charge >= 0.3 is 23.1 Å². The van der Waals surface area contributed by atoms with E-state index in [0.717, 1.165) is 0 Å². The van der Waals surface area contributed by atoms with Gasteiger partial charge in [0.1, 0.15) is 5.97 Å². The Labute approximate surface area is 102 Å². The third-order valence-corrected chi connectivity index (χ3v) is 1.52. The van der Waals surface area contributed by atoms with Crippen LogP contribution in [0.1, 0.15) is 5.56 Å². The molecule has 0 saturated heterocycles. The molecule has 0 heterocycles. The summed E-state index contributed by atoms with van der Waals surface area (Å²) in [4.78, 5) is 20.6. The second-order valence-corrected chi connectivity index (χ2v) is 2.53. The summed E-state index contributed by atoms with van der Waals surface area (Å²) in [5, 5.41) is 21.2. The number of aliphatic carboxylic acids is 1. The second kappa shape index (κ2) is 6.21. The standard InChI is InChI=1S/C10H8O4.Mg/c11-8(6-9(12)10(13)14)7-4-2-1-3-5-7;/h1-6,11H,(H,13,14);/q;+2/p-2/b8-6-;. The van der Waals surface area contributed by atoms with Crippen LogP contribution in [0.4, 0.5) is 0 Å². The van der Waals surface area contributed by atoms with Gasteiger partial charge in [0.25, 0.3) is 0 Å². The van der Waals surface area contributed by atoms with E-state index >= 15 is 0 Å². The van der Waals surface area contributed by atoms with Crippen LogP contribution in [-0.2, 0) is 9.59 Å². The van der Waals surface area contributed by atoms with E-state index in [2.05, 4.69) is 0 Å². The van der Waals surface area contributed by atoms with E-state index in [-0.39, 0.29) is 28.6 Å². The Kier molecular flexibility index (Phi) is 5.65. The minimum Gasteiger partial charge on any atom is -0.872 e. The van der Waals surface area contributed by atoms with Gasteiger partial charge in [-0.2, -0.15) is 0 Å². The van der Waals surface area contributed by atoms with Crippen molar-refractivity contribution in [2.75, 3.05) is 0 Å². The van der Waals surface area contributed by atoms with Gasteiger partial charge in [0.15, 0.2) is 0 Å². The van der Waals surface area contributed by atoms with Crippen LogP contribution in [0.3, 0.4) is 0 Å². The zero-order valence-corrected chi connectivity index (χ0v) is 9.22. The third-order valence-electron chi connectivity index (χ3n) is 1.52. The molecule has 72 valence electrons. The first-order chi connectivity index (χ1) is 6.61. The Morgan fingerprint density at radius 3 is 2.07 bits per heavy atom. The van der Waals surface area contributed by atoms with E-state index in [9.17, 15) is 19.8 Å². The molecule has 0 saturated carbocycles. The summed E-state index contributed by atoms with van der Waals surface area (Å²) in [5.74, 6) is -3.84. The molecule has 0 N–H and O–H groups in total. The molecule has 0 aliphatic rings. The fraction of sp³-hybridized carbons (Fsp3) is 0. The molecule has 0 aliphatic heterocycles. The van der Waals surface area contributed by atoms with Crippen LogP contribution >= 0.6 is 0 Å². The molecule has 1 rings (SSSR count). The van der Waals surface area contributed by atoms with Crippen molar-refractivity contribution < 1.29 is 19.8 Å². The Bertz CT molecular complexity index is 384. The number of rotatable bonds is 3. The molecule has 0 unspecified atom stereocenters. The summed E-state index contributed by atoms with van der Waals surface area (Å²) in [5.41, 5.74) is 0.266. The van der Waals surface area contributed by atoms with Crippen molar-refractivity contribution in [2.24, 2.45) is 0 Å². The van der Waals surface area contributed by atoms with Gasteiger partial charge in [0.2, 0.25) is 5.78 Å². The molecule has 15 heavy (non-hydrogen) atoms. The van der Waals surface area contributed by atoms with Crippen molar-refractivity contribution in [3.8, 4) is 0 Å². The molecule has 4 nitrogen and oxygen atoms in total. The fourth-order valence-electron chi connectivity index (χ4n) is 0.864. The quantitative estimate of drug-likeness (QED) is 0.261. The third kappa shape index (κ3) is 4.14. The number of benzene rings is 1. The molecule has 0 radical (unpaired) electrons. The first-order valence-electron chi connectivity index (χ1n) is 3.80. The molecule has 0 amide bonds. The van der Waals surface area contributed by atoms with E-state index in [1.165, 1.54) is 12.1 Å². The molecular formula is C10H6MgO4. The van der Waals surface area contributed by atoms with E-state index in [0.29, 0.717) is 6.08 Å². The van der Waals surface area contributed by atoms with Crippen molar-refractivity contribution in [1.29, 1.82) is 0 Å². The summed E-state index contributed by atoms with van der Waals surface area (Å²) >= 11 is 0. The molecular weight excluding hydrogens is 208 g/mol. The predicted molar refractivity (Wildman–Crippen MR) is 50.2 cm³/mol. The number of carboxylic acid groups (broad SMARTS) is 1. The number of carboxylic acids is 1. The average Bonchev–Trinajstić information content (AvgIpc) is 2.19. The van der Waals surface area contributed by atoms with Crippen LogP contribution < -0.4 is 10.2 Å². The second-order valence-electron chi connectivity index (χ2n) is 2.53. The summed E-state index contributed by atoms with van der Waals surface area (Å²) in [6.07, 6.45) is 0.505. The number of carbonyl (C=O) groups excluding carboxylic acids is 2. The van der Waals surface area contributed by atoms with Crippen LogP contribution in [0.15, 0.2) is 36.4 Å². The zero-order chi connectivity index (χ0) is 10.6. The SMILES string of the molecule is O=C([O-])C(=O)/C=C(\[O-])c1ccccc1.[Mg+2]. The smallest absolute Gasteiger partial charge is 0.872 e. The predicted octanol–water partition coefficient (Wildman–Crippen LogP) is -1.67. The minimum absolute atomic E-state index is 0. The van der Waals surface area contributed by atoms with Gasteiger partial charge < -0.3 is 15.0 Å².